The van der Waals surface area contributed by atoms with Crippen molar-refractivity contribution in [3.8, 4) is 5.82 Å². The van der Waals surface area contributed by atoms with Gasteiger partial charge in [0, 0.05) is 11.8 Å². The summed E-state index contributed by atoms with van der Waals surface area (Å²) in [5.41, 5.74) is 2.04. The highest BCUT2D eigenvalue weighted by Gasteiger charge is 2.08. The van der Waals surface area contributed by atoms with E-state index in [1.165, 1.54) is 11.8 Å². The van der Waals surface area contributed by atoms with Crippen LogP contribution in [0.25, 0.3) is 5.82 Å². The second-order valence-electron chi connectivity index (χ2n) is 3.32. The van der Waals surface area contributed by atoms with Crippen molar-refractivity contribution >= 4 is 23.4 Å². The number of rotatable bonds is 2. The van der Waals surface area contributed by atoms with Crippen LogP contribution in [-0.2, 0) is 0 Å². The van der Waals surface area contributed by atoms with E-state index < -0.39 is 0 Å². The van der Waals surface area contributed by atoms with Gasteiger partial charge in [-0.15, -0.1) is 0 Å². The molecule has 0 amide bonds. The van der Waals surface area contributed by atoms with Gasteiger partial charge in [0.05, 0.1) is 5.69 Å². The molecule has 0 fully saturated rings. The zero-order valence-electron chi connectivity index (χ0n) is 9.23. The minimum Gasteiger partial charge on any atom is -0.287 e. The van der Waals surface area contributed by atoms with Crippen LogP contribution in [0.3, 0.4) is 0 Å². The van der Waals surface area contributed by atoms with Crippen molar-refractivity contribution in [2.45, 2.75) is 19.0 Å². The summed E-state index contributed by atoms with van der Waals surface area (Å²) < 4.78 is 1.91. The van der Waals surface area contributed by atoms with Crippen LogP contribution in [0.15, 0.2) is 17.6 Å². The Bertz CT molecular complexity index is 524. The minimum absolute atomic E-state index is 0.445. The molecule has 2 rings (SSSR count). The molecular formula is C10H11ClN4S. The van der Waals surface area contributed by atoms with E-state index in [-0.39, 0.29) is 0 Å². The van der Waals surface area contributed by atoms with E-state index in [0.717, 1.165) is 17.2 Å². The number of nitrogens with zero attached hydrogens (tertiary/aromatic N) is 4. The Morgan fingerprint density at radius 1 is 1.31 bits per heavy atom. The second-order valence-corrected chi connectivity index (χ2v) is 4.48. The van der Waals surface area contributed by atoms with Gasteiger partial charge in [0.15, 0.2) is 5.16 Å². The highest BCUT2D eigenvalue weighted by molar-refractivity contribution is 7.98. The third kappa shape index (κ3) is 2.05. The Morgan fingerprint density at radius 2 is 2.06 bits per heavy atom. The fourth-order valence-electron chi connectivity index (χ4n) is 1.33. The summed E-state index contributed by atoms with van der Waals surface area (Å²) in [4.78, 5) is 12.7. The summed E-state index contributed by atoms with van der Waals surface area (Å²) in [7, 11) is 0. The van der Waals surface area contributed by atoms with E-state index in [2.05, 4.69) is 15.0 Å². The molecule has 0 bridgehead atoms. The highest BCUT2D eigenvalue weighted by atomic mass is 35.5. The maximum atomic E-state index is 5.94. The molecule has 0 aliphatic carbocycles. The van der Waals surface area contributed by atoms with Crippen molar-refractivity contribution in [2.24, 2.45) is 0 Å². The Labute approximate surface area is 103 Å². The number of aryl methyl sites for hydroxylation is 1. The van der Waals surface area contributed by atoms with Crippen LogP contribution >= 0.6 is 23.4 Å². The van der Waals surface area contributed by atoms with Crippen molar-refractivity contribution in [1.29, 1.82) is 0 Å². The standard InChI is InChI=1S/C10H11ClN4S/c1-6-7(2)15(5-12-6)9-4-8(11)13-10(14-9)16-3/h4-5H,1-3H3. The maximum absolute atomic E-state index is 5.94. The molecule has 0 spiro atoms. The predicted octanol–water partition coefficient (Wildman–Crippen LogP) is 2.65. The molecule has 2 aromatic rings. The summed E-state index contributed by atoms with van der Waals surface area (Å²) >= 11 is 7.40. The molecule has 0 aromatic carbocycles. The first-order valence-electron chi connectivity index (χ1n) is 4.71. The molecular weight excluding hydrogens is 244 g/mol. The molecule has 4 nitrogen and oxygen atoms in total. The molecule has 0 saturated carbocycles. The molecule has 6 heteroatoms. The lowest BCUT2D eigenvalue weighted by Gasteiger charge is -2.06. The highest BCUT2D eigenvalue weighted by Crippen LogP contribution is 2.18. The largest absolute Gasteiger partial charge is 0.287 e. The van der Waals surface area contributed by atoms with Gasteiger partial charge in [0.25, 0.3) is 0 Å². The molecule has 0 atom stereocenters. The van der Waals surface area contributed by atoms with E-state index in [0.29, 0.717) is 10.3 Å². The Morgan fingerprint density at radius 3 is 2.62 bits per heavy atom. The fraction of sp³-hybridized carbons (Fsp3) is 0.300. The van der Waals surface area contributed by atoms with Gasteiger partial charge in [-0.25, -0.2) is 15.0 Å². The Balaban J connectivity index is 2.55. The maximum Gasteiger partial charge on any atom is 0.190 e. The molecule has 2 heterocycles. The Kier molecular flexibility index (Phi) is 3.16. The van der Waals surface area contributed by atoms with Crippen molar-refractivity contribution in [3.63, 3.8) is 0 Å². The molecule has 84 valence electrons. The zero-order valence-corrected chi connectivity index (χ0v) is 10.8. The van der Waals surface area contributed by atoms with Crippen LogP contribution in [0.5, 0.6) is 0 Å². The average Bonchev–Trinajstić information content (AvgIpc) is 2.59. The molecule has 2 aromatic heterocycles. The van der Waals surface area contributed by atoms with Crippen LogP contribution in [0.1, 0.15) is 11.4 Å². The van der Waals surface area contributed by atoms with E-state index in [1.54, 1.807) is 12.4 Å². The lowest BCUT2D eigenvalue weighted by atomic mass is 10.4. The fourth-order valence-corrected chi connectivity index (χ4v) is 1.93. The second kappa shape index (κ2) is 4.43. The topological polar surface area (TPSA) is 43.6 Å². The Hall–Kier alpha value is -1.07. The SMILES string of the molecule is CSc1nc(Cl)cc(-n2cnc(C)c2C)n1. The molecule has 0 radical (unpaired) electrons. The van der Waals surface area contributed by atoms with E-state index in [4.69, 9.17) is 11.6 Å². The van der Waals surface area contributed by atoms with Gasteiger partial charge in [0.1, 0.15) is 17.3 Å². The first kappa shape index (κ1) is 11.4. The van der Waals surface area contributed by atoms with Gasteiger partial charge in [-0.3, -0.25) is 4.57 Å². The van der Waals surface area contributed by atoms with Crippen LogP contribution in [0.2, 0.25) is 5.15 Å². The van der Waals surface area contributed by atoms with Crippen LogP contribution < -0.4 is 0 Å². The van der Waals surface area contributed by atoms with E-state index >= 15 is 0 Å². The normalized spacial score (nSPS) is 10.8. The summed E-state index contributed by atoms with van der Waals surface area (Å²) in [5.74, 6) is 0.752. The molecule has 0 aliphatic heterocycles. The van der Waals surface area contributed by atoms with Gasteiger partial charge < -0.3 is 0 Å². The lowest BCUT2D eigenvalue weighted by Crippen LogP contribution is -2.01. The number of hydrogen-bond donors (Lipinski definition) is 0. The van der Waals surface area contributed by atoms with Gasteiger partial charge >= 0.3 is 0 Å². The number of hydrogen-bond acceptors (Lipinski definition) is 4. The van der Waals surface area contributed by atoms with E-state index in [1.807, 2.05) is 24.7 Å². The van der Waals surface area contributed by atoms with Crippen molar-refractivity contribution < 1.29 is 0 Å². The van der Waals surface area contributed by atoms with Crippen molar-refractivity contribution in [1.82, 2.24) is 19.5 Å². The predicted molar refractivity (Wildman–Crippen MR) is 65.4 cm³/mol. The summed E-state index contributed by atoms with van der Waals surface area (Å²) in [6.45, 7) is 3.96. The van der Waals surface area contributed by atoms with Gasteiger partial charge in [-0.05, 0) is 20.1 Å². The monoisotopic (exact) mass is 254 g/mol. The lowest BCUT2D eigenvalue weighted by molar-refractivity contribution is 0.872. The number of aromatic nitrogens is 4. The molecule has 0 aliphatic rings. The molecule has 16 heavy (non-hydrogen) atoms. The van der Waals surface area contributed by atoms with Gasteiger partial charge in [-0.1, -0.05) is 23.4 Å². The number of imidazole rings is 1. The quantitative estimate of drug-likeness (QED) is 0.470. The molecule has 0 saturated heterocycles. The summed E-state index contributed by atoms with van der Waals surface area (Å²) in [5, 5.41) is 1.10. The van der Waals surface area contributed by atoms with Crippen LogP contribution in [0, 0.1) is 13.8 Å². The van der Waals surface area contributed by atoms with Crippen molar-refractivity contribution in [2.75, 3.05) is 6.26 Å². The zero-order chi connectivity index (χ0) is 11.7. The number of thioether (sulfide) groups is 1. The summed E-state index contributed by atoms with van der Waals surface area (Å²) in [6.07, 6.45) is 3.66. The smallest absolute Gasteiger partial charge is 0.190 e. The third-order valence-electron chi connectivity index (χ3n) is 2.34. The summed E-state index contributed by atoms with van der Waals surface area (Å²) in [6, 6.07) is 1.73. The number of halogens is 1. The van der Waals surface area contributed by atoms with Crippen LogP contribution in [0.4, 0.5) is 0 Å². The first-order valence-corrected chi connectivity index (χ1v) is 6.31. The van der Waals surface area contributed by atoms with Crippen LogP contribution in [-0.4, -0.2) is 25.8 Å². The molecule has 0 N–H and O–H groups in total. The minimum atomic E-state index is 0.445. The average molecular weight is 255 g/mol. The first-order chi connectivity index (χ1) is 7.61. The molecule has 0 unspecified atom stereocenters. The third-order valence-corrected chi connectivity index (χ3v) is 3.08. The van der Waals surface area contributed by atoms with Gasteiger partial charge in [-0.2, -0.15) is 0 Å². The van der Waals surface area contributed by atoms with E-state index in [9.17, 15) is 0 Å². The van der Waals surface area contributed by atoms with Gasteiger partial charge in [0.2, 0.25) is 0 Å². The van der Waals surface area contributed by atoms with Crippen molar-refractivity contribution in [3.05, 3.63) is 28.9 Å².